The van der Waals surface area contributed by atoms with Crippen LogP contribution < -0.4 is 0 Å². The minimum Gasteiger partial charge on any atom is -0.241 e. The molecule has 1 heterocycles. The molecule has 0 aliphatic rings. The summed E-state index contributed by atoms with van der Waals surface area (Å²) in [5.41, 5.74) is -0.0334. The molecule has 0 amide bonds. The minimum atomic E-state index is -3.89. The van der Waals surface area contributed by atoms with E-state index >= 15 is 0 Å². The van der Waals surface area contributed by atoms with Crippen molar-refractivity contribution in [2.45, 2.75) is 5.03 Å². The van der Waals surface area contributed by atoms with Crippen molar-refractivity contribution >= 4 is 29.6 Å². The molecule has 0 unspecified atom stereocenters. The predicted molar refractivity (Wildman–Crippen MR) is 58.4 cm³/mol. The Kier molecular flexibility index (Phi) is 4.03. The summed E-state index contributed by atoms with van der Waals surface area (Å²) < 4.78 is 44.4. The second-order valence-corrected chi connectivity index (χ2v) is 7.87. The molecule has 0 radical (unpaired) electrons. The summed E-state index contributed by atoms with van der Waals surface area (Å²) in [6.07, 6.45) is 1.89. The van der Waals surface area contributed by atoms with E-state index in [2.05, 4.69) is 9.97 Å². The number of hydrogen-bond acceptors (Lipinski definition) is 7. The monoisotopic (exact) mass is 295 g/mol. The molecule has 1 aromatic heterocycles. The van der Waals surface area contributed by atoms with Crippen molar-refractivity contribution in [1.29, 1.82) is 5.26 Å². The Bertz CT molecular complexity index is 645. The number of sulfone groups is 1. The Morgan fingerprint density at radius 3 is 2.24 bits per heavy atom. The van der Waals surface area contributed by atoms with E-state index in [4.69, 9.17) is 15.9 Å². The maximum atomic E-state index is 11.6. The van der Waals surface area contributed by atoms with Crippen LogP contribution in [0.15, 0.2) is 17.4 Å². The maximum Gasteiger partial charge on any atom is 0.233 e. The lowest BCUT2D eigenvalue weighted by Crippen LogP contribution is -2.15. The summed E-state index contributed by atoms with van der Waals surface area (Å²) >= 11 is 0. The molecule has 0 N–H and O–H groups in total. The molecule has 0 aliphatic heterocycles. The summed E-state index contributed by atoms with van der Waals surface area (Å²) in [6.45, 7) is 0. The number of nitriles is 1. The summed E-state index contributed by atoms with van der Waals surface area (Å²) in [5, 5.41) is 8.05. The molecule has 0 bridgehead atoms. The highest BCUT2D eigenvalue weighted by atomic mass is 35.7. The molecule has 0 saturated heterocycles. The second kappa shape index (κ2) is 4.95. The van der Waals surface area contributed by atoms with Gasteiger partial charge in [-0.25, -0.2) is 26.8 Å². The van der Waals surface area contributed by atoms with Gasteiger partial charge in [0.2, 0.25) is 9.05 Å². The highest BCUT2D eigenvalue weighted by Gasteiger charge is 2.20. The smallest absolute Gasteiger partial charge is 0.233 e. The van der Waals surface area contributed by atoms with Crippen LogP contribution in [0.4, 0.5) is 0 Å². The first-order valence-electron chi connectivity index (χ1n) is 4.12. The van der Waals surface area contributed by atoms with Gasteiger partial charge in [-0.1, -0.05) is 0 Å². The zero-order valence-electron chi connectivity index (χ0n) is 8.24. The summed E-state index contributed by atoms with van der Waals surface area (Å²) in [6, 6.07) is 1.68. The first-order chi connectivity index (χ1) is 7.74. The van der Waals surface area contributed by atoms with E-state index in [0.29, 0.717) is 0 Å². The van der Waals surface area contributed by atoms with Gasteiger partial charge < -0.3 is 0 Å². The van der Waals surface area contributed by atoms with Crippen LogP contribution in [0.2, 0.25) is 0 Å². The van der Waals surface area contributed by atoms with Gasteiger partial charge in [0.05, 0.1) is 23.9 Å². The third kappa shape index (κ3) is 4.26. The minimum absolute atomic E-state index is 0.0334. The number of hydrogen-bond donors (Lipinski definition) is 0. The van der Waals surface area contributed by atoms with E-state index in [-0.39, 0.29) is 5.69 Å². The zero-order valence-corrected chi connectivity index (χ0v) is 10.6. The average molecular weight is 296 g/mol. The lowest BCUT2D eigenvalue weighted by molar-refractivity contribution is 0.589. The lowest BCUT2D eigenvalue weighted by atomic mass is 10.5. The molecule has 1 rings (SSSR count). The van der Waals surface area contributed by atoms with Crippen LogP contribution in [-0.2, 0) is 18.9 Å². The number of rotatable bonds is 4. The fraction of sp³-hybridized carbons (Fsp3) is 0.286. The molecular formula is C7H6ClN3O4S2. The molecule has 0 aliphatic carbocycles. The van der Waals surface area contributed by atoms with Crippen molar-refractivity contribution in [2.24, 2.45) is 0 Å². The van der Waals surface area contributed by atoms with Crippen LogP contribution in [0.25, 0.3) is 0 Å². The second-order valence-electron chi connectivity index (χ2n) is 2.91. The number of nitrogens with zero attached hydrogens (tertiary/aromatic N) is 3. The van der Waals surface area contributed by atoms with Crippen molar-refractivity contribution in [3.05, 3.63) is 18.1 Å². The van der Waals surface area contributed by atoms with E-state index in [1.165, 1.54) is 0 Å². The van der Waals surface area contributed by atoms with Crippen molar-refractivity contribution in [3.63, 3.8) is 0 Å². The van der Waals surface area contributed by atoms with Gasteiger partial charge >= 0.3 is 0 Å². The first-order valence-corrected chi connectivity index (χ1v) is 8.25. The van der Waals surface area contributed by atoms with E-state index in [1.807, 2.05) is 0 Å². The highest BCUT2D eigenvalue weighted by molar-refractivity contribution is 8.14. The molecule has 0 saturated carbocycles. The van der Waals surface area contributed by atoms with E-state index < -0.39 is 35.4 Å². The Hall–Kier alpha value is -1.24. The number of halogens is 1. The Labute approximate surface area is 102 Å². The third-order valence-electron chi connectivity index (χ3n) is 1.66. The normalized spacial score (nSPS) is 12.0. The quantitative estimate of drug-likeness (QED) is 0.699. The molecule has 0 fully saturated rings. The fourth-order valence-corrected chi connectivity index (χ4v) is 3.73. The third-order valence-corrected chi connectivity index (χ3v) is 4.66. The molecule has 1 aromatic rings. The predicted octanol–water partition coefficient (Wildman–Crippen LogP) is -0.309. The molecule has 92 valence electrons. The van der Waals surface area contributed by atoms with Crippen molar-refractivity contribution in [2.75, 3.05) is 11.5 Å². The van der Waals surface area contributed by atoms with Gasteiger partial charge in [0.15, 0.2) is 20.6 Å². The van der Waals surface area contributed by atoms with Gasteiger partial charge in [0.1, 0.15) is 6.07 Å². The van der Waals surface area contributed by atoms with Gasteiger partial charge in [-0.2, -0.15) is 5.26 Å². The average Bonchev–Trinajstić information content (AvgIpc) is 2.26. The lowest BCUT2D eigenvalue weighted by Gasteiger charge is -2.01. The SMILES string of the molecule is N#Cc1cnc(S(=O)(=O)CCS(=O)(=O)Cl)cn1. The molecular weight excluding hydrogens is 290 g/mol. The van der Waals surface area contributed by atoms with Gasteiger partial charge in [0, 0.05) is 10.7 Å². The van der Waals surface area contributed by atoms with E-state index in [1.54, 1.807) is 6.07 Å². The largest absolute Gasteiger partial charge is 0.241 e. The fourth-order valence-electron chi connectivity index (χ4n) is 0.848. The Morgan fingerprint density at radius 2 is 1.82 bits per heavy atom. The summed E-state index contributed by atoms with van der Waals surface area (Å²) in [5.74, 6) is -1.39. The van der Waals surface area contributed by atoms with Gasteiger partial charge in [0.25, 0.3) is 0 Å². The van der Waals surface area contributed by atoms with Crippen LogP contribution in [0.1, 0.15) is 5.69 Å². The molecule has 0 aromatic carbocycles. The first kappa shape index (κ1) is 13.8. The summed E-state index contributed by atoms with van der Waals surface area (Å²) in [4.78, 5) is 7.03. The molecule has 17 heavy (non-hydrogen) atoms. The molecule has 10 heteroatoms. The topological polar surface area (TPSA) is 118 Å². The van der Waals surface area contributed by atoms with Crippen LogP contribution in [-0.4, -0.2) is 38.3 Å². The van der Waals surface area contributed by atoms with E-state index in [0.717, 1.165) is 12.4 Å². The van der Waals surface area contributed by atoms with Crippen LogP contribution in [0.3, 0.4) is 0 Å². The molecule has 0 atom stereocenters. The van der Waals surface area contributed by atoms with Crippen molar-refractivity contribution in [1.82, 2.24) is 9.97 Å². The van der Waals surface area contributed by atoms with Gasteiger partial charge in [-0.3, -0.25) is 0 Å². The standard InChI is InChI=1S/C7H6ClN3O4S2/c8-17(14,15)2-1-16(12,13)7-5-10-6(3-9)4-11-7/h4-5H,1-2H2. The maximum absolute atomic E-state index is 11.6. The van der Waals surface area contributed by atoms with Crippen molar-refractivity contribution < 1.29 is 16.8 Å². The number of aromatic nitrogens is 2. The van der Waals surface area contributed by atoms with Gasteiger partial charge in [-0.05, 0) is 0 Å². The van der Waals surface area contributed by atoms with Crippen LogP contribution in [0, 0.1) is 11.3 Å². The Balaban J connectivity index is 2.94. The Morgan fingerprint density at radius 1 is 1.18 bits per heavy atom. The molecule has 0 spiro atoms. The summed E-state index contributed by atoms with van der Waals surface area (Å²) in [7, 11) is -2.85. The highest BCUT2D eigenvalue weighted by Crippen LogP contribution is 2.08. The van der Waals surface area contributed by atoms with Crippen LogP contribution >= 0.6 is 10.7 Å². The van der Waals surface area contributed by atoms with Gasteiger partial charge in [-0.15, -0.1) is 0 Å². The van der Waals surface area contributed by atoms with Crippen LogP contribution in [0.5, 0.6) is 0 Å². The van der Waals surface area contributed by atoms with Crippen molar-refractivity contribution in [3.8, 4) is 6.07 Å². The molecule has 7 nitrogen and oxygen atoms in total. The zero-order chi connectivity index (χ0) is 13.1. The van der Waals surface area contributed by atoms with E-state index in [9.17, 15) is 16.8 Å².